The zero-order chi connectivity index (χ0) is 9.68. The van der Waals surface area contributed by atoms with E-state index in [0.717, 1.165) is 16.7 Å². The lowest BCUT2D eigenvalue weighted by molar-refractivity contribution is -0.126. The van der Waals surface area contributed by atoms with Crippen molar-refractivity contribution in [3.8, 4) is 0 Å². The summed E-state index contributed by atoms with van der Waals surface area (Å²) in [5, 5.41) is 0. The SMILES string of the molecule is COC=O.ClCc1cc2ccc1o2. The van der Waals surface area contributed by atoms with Crippen molar-refractivity contribution in [1.29, 1.82) is 0 Å². The van der Waals surface area contributed by atoms with Gasteiger partial charge in [0.25, 0.3) is 6.47 Å². The van der Waals surface area contributed by atoms with E-state index in [1.54, 1.807) is 0 Å². The molecule has 0 aliphatic rings. The summed E-state index contributed by atoms with van der Waals surface area (Å²) in [5.41, 5.74) is 2.93. The fourth-order valence-corrected chi connectivity index (χ4v) is 1.16. The molecule has 0 unspecified atom stereocenters. The molecule has 70 valence electrons. The number of methoxy groups -OCH3 is 1. The first-order valence-electron chi connectivity index (χ1n) is 3.65. The summed E-state index contributed by atoms with van der Waals surface area (Å²) >= 11 is 5.59. The Balaban J connectivity index is 0.000000184. The minimum absolute atomic E-state index is 0.375. The predicted octanol–water partition coefficient (Wildman–Crippen LogP) is 2.40. The molecule has 0 fully saturated rings. The molecule has 13 heavy (non-hydrogen) atoms. The van der Waals surface area contributed by atoms with Crippen LogP contribution in [0.1, 0.15) is 5.56 Å². The van der Waals surface area contributed by atoms with Gasteiger partial charge in [0, 0.05) is 5.56 Å². The van der Waals surface area contributed by atoms with E-state index in [2.05, 4.69) is 4.74 Å². The van der Waals surface area contributed by atoms with Crippen molar-refractivity contribution in [3.63, 3.8) is 0 Å². The Hall–Kier alpha value is -1.22. The monoisotopic (exact) mass is 200 g/mol. The van der Waals surface area contributed by atoms with Crippen LogP contribution in [0, 0.1) is 0 Å². The van der Waals surface area contributed by atoms with Gasteiger partial charge in [-0.15, -0.1) is 11.6 Å². The maximum absolute atomic E-state index is 8.95. The van der Waals surface area contributed by atoms with Crippen molar-refractivity contribution in [2.75, 3.05) is 7.11 Å². The molecule has 0 aliphatic heterocycles. The number of ether oxygens (including phenoxy) is 1. The quantitative estimate of drug-likeness (QED) is 0.552. The first kappa shape index (κ1) is 9.86. The number of rotatable bonds is 2. The molecule has 2 heterocycles. The second kappa shape index (κ2) is 4.72. The van der Waals surface area contributed by atoms with Crippen LogP contribution in [0.4, 0.5) is 0 Å². The lowest BCUT2D eigenvalue weighted by Gasteiger charge is -1.82. The maximum Gasteiger partial charge on any atom is 0.292 e. The molecule has 0 N–H and O–H groups in total. The Morgan fingerprint density at radius 1 is 1.62 bits per heavy atom. The number of fused-ring (bicyclic) bond motifs is 2. The third-order valence-electron chi connectivity index (χ3n) is 1.50. The number of carbonyl (C=O) groups is 1. The smallest absolute Gasteiger partial charge is 0.292 e. The molecule has 0 saturated carbocycles. The van der Waals surface area contributed by atoms with Gasteiger partial charge in [-0.1, -0.05) is 0 Å². The molecule has 0 radical (unpaired) electrons. The highest BCUT2D eigenvalue weighted by Crippen LogP contribution is 2.22. The van der Waals surface area contributed by atoms with E-state index in [0.29, 0.717) is 12.4 Å². The summed E-state index contributed by atoms with van der Waals surface area (Å²) in [6.07, 6.45) is 0. The number of halogens is 1. The Labute approximate surface area is 80.6 Å². The van der Waals surface area contributed by atoms with Crippen LogP contribution >= 0.6 is 11.6 Å². The molecule has 2 bridgehead atoms. The fourth-order valence-electron chi connectivity index (χ4n) is 0.950. The van der Waals surface area contributed by atoms with Crippen molar-refractivity contribution in [2.24, 2.45) is 0 Å². The van der Waals surface area contributed by atoms with Crippen LogP contribution in [0.25, 0.3) is 11.2 Å². The molecule has 0 atom stereocenters. The lowest BCUT2D eigenvalue weighted by atomic mass is 10.2. The topological polar surface area (TPSA) is 39.4 Å². The number of benzene rings is 1. The van der Waals surface area contributed by atoms with E-state index < -0.39 is 0 Å². The molecular weight excluding hydrogens is 192 g/mol. The van der Waals surface area contributed by atoms with Gasteiger partial charge in [0.2, 0.25) is 0 Å². The van der Waals surface area contributed by atoms with Crippen LogP contribution in [0.3, 0.4) is 0 Å². The van der Waals surface area contributed by atoms with E-state index >= 15 is 0 Å². The Morgan fingerprint density at radius 3 is 2.54 bits per heavy atom. The van der Waals surface area contributed by atoms with Crippen LogP contribution < -0.4 is 0 Å². The van der Waals surface area contributed by atoms with Gasteiger partial charge < -0.3 is 9.15 Å². The summed E-state index contributed by atoms with van der Waals surface area (Å²) in [4.78, 5) is 8.95. The van der Waals surface area contributed by atoms with Crippen molar-refractivity contribution < 1.29 is 13.9 Å². The van der Waals surface area contributed by atoms with Crippen LogP contribution in [0.2, 0.25) is 0 Å². The summed E-state index contributed by atoms with van der Waals surface area (Å²) in [7, 11) is 1.31. The minimum atomic E-state index is 0.375. The Bertz CT molecular complexity index is 355. The Morgan fingerprint density at radius 2 is 2.31 bits per heavy atom. The average molecular weight is 201 g/mol. The van der Waals surface area contributed by atoms with Gasteiger partial charge in [-0.2, -0.15) is 0 Å². The number of alkyl halides is 1. The number of hydrogen-bond donors (Lipinski definition) is 0. The highest BCUT2D eigenvalue weighted by molar-refractivity contribution is 6.17. The third-order valence-corrected chi connectivity index (χ3v) is 1.79. The van der Waals surface area contributed by atoms with Crippen molar-refractivity contribution in [2.45, 2.75) is 5.88 Å². The van der Waals surface area contributed by atoms with Crippen LogP contribution in [-0.4, -0.2) is 13.6 Å². The molecule has 0 aliphatic carbocycles. The van der Waals surface area contributed by atoms with Crippen molar-refractivity contribution in [1.82, 2.24) is 0 Å². The molecule has 0 aromatic carbocycles. The molecule has 0 spiro atoms. The van der Waals surface area contributed by atoms with Gasteiger partial charge >= 0.3 is 0 Å². The number of carbonyl (C=O) groups excluding carboxylic acids is 1. The zero-order valence-corrected chi connectivity index (χ0v) is 7.88. The lowest BCUT2D eigenvalue weighted by Crippen LogP contribution is -1.69. The molecule has 2 aromatic heterocycles. The zero-order valence-electron chi connectivity index (χ0n) is 7.12. The average Bonchev–Trinajstić information content (AvgIpc) is 2.79. The molecule has 4 heteroatoms. The first-order chi connectivity index (χ1) is 6.31. The fraction of sp³-hybridized carbons (Fsp3) is 0.222. The van der Waals surface area contributed by atoms with Crippen LogP contribution in [0.15, 0.2) is 22.6 Å². The van der Waals surface area contributed by atoms with Gasteiger partial charge in [0.05, 0.1) is 13.0 Å². The Kier molecular flexibility index (Phi) is 3.58. The van der Waals surface area contributed by atoms with Crippen LogP contribution in [0.5, 0.6) is 0 Å². The van der Waals surface area contributed by atoms with Crippen LogP contribution in [-0.2, 0) is 15.4 Å². The third kappa shape index (κ3) is 2.36. The highest BCUT2D eigenvalue weighted by atomic mass is 35.5. The minimum Gasteiger partial charge on any atom is -0.471 e. The van der Waals surface area contributed by atoms with Gasteiger partial charge in [0.1, 0.15) is 11.2 Å². The molecule has 0 saturated heterocycles. The molecule has 0 amide bonds. The summed E-state index contributed by atoms with van der Waals surface area (Å²) in [5.74, 6) is 0.545. The second-order valence-corrected chi connectivity index (χ2v) is 2.60. The van der Waals surface area contributed by atoms with E-state index in [-0.39, 0.29) is 0 Å². The summed E-state index contributed by atoms with van der Waals surface area (Å²) < 4.78 is 9.08. The normalized spacial score (nSPS) is 9.38. The van der Waals surface area contributed by atoms with E-state index in [4.69, 9.17) is 20.8 Å². The summed E-state index contributed by atoms with van der Waals surface area (Å²) in [6.45, 7) is 0.375. The standard InChI is InChI=1S/C7H5ClO.C2H4O2/c8-4-5-3-6-1-2-7(5)9-6;1-4-2-3/h1-3H,4H2;2H,1H3. The number of furan rings is 2. The summed E-state index contributed by atoms with van der Waals surface area (Å²) in [6, 6.07) is 5.83. The maximum atomic E-state index is 8.95. The van der Waals surface area contributed by atoms with Gasteiger partial charge in [0.15, 0.2) is 0 Å². The van der Waals surface area contributed by atoms with Gasteiger partial charge in [-0.25, -0.2) is 0 Å². The highest BCUT2D eigenvalue weighted by Gasteiger charge is 2.03. The molecule has 3 nitrogen and oxygen atoms in total. The van der Waals surface area contributed by atoms with E-state index in [1.807, 2.05) is 18.2 Å². The molecular formula is C9H9ClO3. The van der Waals surface area contributed by atoms with Gasteiger partial charge in [-0.05, 0) is 18.2 Å². The molecule has 2 aromatic rings. The molecule has 2 rings (SSSR count). The predicted molar refractivity (Wildman–Crippen MR) is 50.0 cm³/mol. The second-order valence-electron chi connectivity index (χ2n) is 2.34. The largest absolute Gasteiger partial charge is 0.471 e. The van der Waals surface area contributed by atoms with E-state index in [1.165, 1.54) is 7.11 Å². The van der Waals surface area contributed by atoms with Crippen molar-refractivity contribution >= 4 is 29.2 Å². The van der Waals surface area contributed by atoms with Crippen molar-refractivity contribution in [3.05, 3.63) is 23.8 Å². The number of hydrogen-bond acceptors (Lipinski definition) is 3. The van der Waals surface area contributed by atoms with Gasteiger partial charge in [-0.3, -0.25) is 4.79 Å². The first-order valence-corrected chi connectivity index (χ1v) is 4.18. The van der Waals surface area contributed by atoms with E-state index in [9.17, 15) is 0 Å².